The number of nitrogens with zero attached hydrogens (tertiary/aromatic N) is 12. The minimum Gasteiger partial charge on any atom is -0.481 e. The number of fused-ring (bicyclic) bond motifs is 4. The molecule has 756 valence electrons. The molecular formula is C112H91F7N12O14S4. The van der Waals surface area contributed by atoms with E-state index in [1.807, 2.05) is 109 Å². The highest BCUT2D eigenvalue weighted by Crippen LogP contribution is 2.38. The molecule has 0 amide bonds. The van der Waals surface area contributed by atoms with Gasteiger partial charge in [-0.1, -0.05) is 122 Å². The predicted octanol–water partition coefficient (Wildman–Crippen LogP) is 19.9. The van der Waals surface area contributed by atoms with Crippen molar-refractivity contribution in [3.05, 3.63) is 426 Å². The molecule has 8 aromatic carbocycles. The zero-order chi connectivity index (χ0) is 104. The number of carbonyl (C=O) groups excluding carboxylic acids is 4. The largest absolute Gasteiger partial charge is 0.481 e. The number of pyridine rings is 6. The van der Waals surface area contributed by atoms with E-state index in [1.54, 1.807) is 152 Å². The van der Waals surface area contributed by atoms with Gasteiger partial charge in [-0.15, -0.1) is 0 Å². The summed E-state index contributed by atoms with van der Waals surface area (Å²) in [6.45, 7) is 2.87. The van der Waals surface area contributed by atoms with E-state index in [4.69, 9.17) is 9.26 Å². The van der Waals surface area contributed by atoms with Crippen molar-refractivity contribution in [3.63, 3.8) is 0 Å². The van der Waals surface area contributed by atoms with Crippen molar-refractivity contribution in [2.45, 2.75) is 85.8 Å². The standard InChI is InChI=1S/C29H23F2N3O4S.2C28H21F2N3O3S.C26H22FN3O4S.CH4/c1-38-29-24(9-5-11-33-29)20-7-4-6-19(12-20)16-34-17-27(28-25(31)13-21(30)14-26(28)34)39(36,37)18-23(35)15-22-8-2-3-10-32-22;29-22-12-25(30)28-26(13-22)33(16-19-5-3-6-20(11-19)21-7-4-9-31-15-21)17-27(28)37(35,36)18-24(34)14-23-8-1-2-10-32-23;29-22-13-25(30)28-26(14-22)33(16-19-4-3-5-21(12-19)20-7-10-31-11-8-20)17-27(28)37(35,36)18-24(34)15-23-6-1-2-9-32-23;1-17-10-21(29-34-17)12-22(31)16-35(32,33)26-15-30(25-5-3-2-4-23(25)26)14-20-11-18(6-7-24(20)27)19-8-9-28-13-19;/h2-14,17H,15-16,18H2,1H3;1-13,15,17H,14,16,18H2;1-14,17H,15-16,18H2;2-8,10-11,13,15H,9,12,14,16H2,1H3;1H4. The molecule has 1 aliphatic heterocycles. The van der Waals surface area contributed by atoms with Gasteiger partial charge in [0.05, 0.1) is 84.6 Å². The average molecular weight is 2090 g/mol. The molecule has 19 aromatic rings. The highest BCUT2D eigenvalue weighted by atomic mass is 32.2. The Morgan fingerprint density at radius 1 is 0.362 bits per heavy atom. The van der Waals surface area contributed by atoms with Crippen LogP contribution in [0.1, 0.15) is 63.8 Å². The second-order valence-corrected chi connectivity index (χ2v) is 42.6. The van der Waals surface area contributed by atoms with E-state index >= 15 is 4.39 Å². The van der Waals surface area contributed by atoms with Crippen molar-refractivity contribution >= 4 is 118 Å². The number of rotatable bonds is 33. The van der Waals surface area contributed by atoms with Crippen LogP contribution in [0.25, 0.3) is 82.6 Å². The Bertz CT molecular complexity index is 8590. The fourth-order valence-corrected chi connectivity index (χ4v) is 23.3. The number of para-hydroxylation sites is 1. The molecule has 0 unspecified atom stereocenters. The van der Waals surface area contributed by atoms with Crippen LogP contribution < -0.4 is 4.74 Å². The third-order valence-electron chi connectivity index (χ3n) is 23.9. The molecule has 26 nitrogen and oxygen atoms in total. The number of sulfone groups is 4. The number of hydrogen-bond acceptors (Lipinski definition) is 22. The minimum atomic E-state index is -4.26. The zero-order valence-electron chi connectivity index (χ0n) is 78.8. The summed E-state index contributed by atoms with van der Waals surface area (Å²) in [6, 6.07) is 67.2. The first kappa shape index (κ1) is 105. The van der Waals surface area contributed by atoms with Crippen LogP contribution in [-0.4, -0.2) is 153 Å². The number of methoxy groups -OCH3 is 1. The van der Waals surface area contributed by atoms with Crippen LogP contribution in [-0.2, 0) is 110 Å². The zero-order valence-corrected chi connectivity index (χ0v) is 82.1. The maximum atomic E-state index is 15.0. The van der Waals surface area contributed by atoms with Gasteiger partial charge in [0.15, 0.2) is 62.5 Å². The molecule has 37 heteroatoms. The Kier molecular flexibility index (Phi) is 32.4. The number of halogens is 7. The van der Waals surface area contributed by atoms with E-state index in [1.165, 1.54) is 70.3 Å². The van der Waals surface area contributed by atoms with Crippen molar-refractivity contribution in [1.29, 1.82) is 0 Å². The summed E-state index contributed by atoms with van der Waals surface area (Å²) in [5, 5.41) is 3.51. The molecule has 20 rings (SSSR count). The molecule has 0 saturated heterocycles. The van der Waals surface area contributed by atoms with Gasteiger partial charge >= 0.3 is 0 Å². The number of hydrogen-bond donors (Lipinski definition) is 0. The first-order chi connectivity index (χ1) is 71.1. The Morgan fingerprint density at radius 2 is 0.785 bits per heavy atom. The molecule has 12 heterocycles. The smallest absolute Gasteiger partial charge is 0.221 e. The van der Waals surface area contributed by atoms with E-state index in [0.717, 1.165) is 79.4 Å². The second-order valence-electron chi connectivity index (χ2n) is 34.7. The lowest BCUT2D eigenvalue weighted by atomic mass is 10.0. The predicted molar refractivity (Wildman–Crippen MR) is 551 cm³/mol. The summed E-state index contributed by atoms with van der Waals surface area (Å²) in [5.74, 6) is -10.3. The van der Waals surface area contributed by atoms with Gasteiger partial charge in [-0.3, -0.25) is 49.1 Å². The summed E-state index contributed by atoms with van der Waals surface area (Å²) < 4.78 is 225. The number of aliphatic imine (C=N–C) groups is 1. The van der Waals surface area contributed by atoms with E-state index in [-0.39, 0.29) is 117 Å². The Balaban J connectivity index is 0.000000141. The van der Waals surface area contributed by atoms with Crippen molar-refractivity contribution < 1.29 is 92.8 Å². The first-order valence-electron chi connectivity index (χ1n) is 45.8. The van der Waals surface area contributed by atoms with E-state index < -0.39 is 120 Å². The van der Waals surface area contributed by atoms with Gasteiger partial charge in [0, 0.05) is 183 Å². The number of benzene rings is 8. The molecule has 11 aromatic heterocycles. The van der Waals surface area contributed by atoms with Crippen LogP contribution in [0.15, 0.2) is 358 Å². The van der Waals surface area contributed by atoms with Gasteiger partial charge in [-0.2, -0.15) is 0 Å². The molecule has 0 spiro atoms. The molecule has 0 atom stereocenters. The first-order valence-corrected chi connectivity index (χ1v) is 52.4. The summed E-state index contributed by atoms with van der Waals surface area (Å²) in [6.07, 6.45) is 21.3. The monoisotopic (exact) mass is 2090 g/mol. The van der Waals surface area contributed by atoms with Crippen LogP contribution in [0.2, 0.25) is 0 Å². The molecule has 1 aliphatic rings. The van der Waals surface area contributed by atoms with Gasteiger partial charge < -0.3 is 27.5 Å². The summed E-state index contributed by atoms with van der Waals surface area (Å²) in [5.41, 5.74) is 12.3. The summed E-state index contributed by atoms with van der Waals surface area (Å²) in [4.78, 5) is 77.9. The number of allylic oxidation sites excluding steroid dienone is 1. The highest BCUT2D eigenvalue weighted by molar-refractivity contribution is 7.93. The molecule has 149 heavy (non-hydrogen) atoms. The van der Waals surface area contributed by atoms with Gasteiger partial charge in [-0.05, 0) is 184 Å². The molecule has 0 fully saturated rings. The van der Waals surface area contributed by atoms with Gasteiger partial charge in [0.25, 0.3) is 0 Å². The van der Waals surface area contributed by atoms with Crippen LogP contribution in [0.4, 0.5) is 30.7 Å². The number of Topliss-reactive ketones (excluding diaryl/α,β-unsaturated/α-hetero) is 4. The van der Waals surface area contributed by atoms with Gasteiger partial charge in [0.1, 0.15) is 69.5 Å². The van der Waals surface area contributed by atoms with Crippen molar-refractivity contribution in [2.24, 2.45) is 4.99 Å². The van der Waals surface area contributed by atoms with E-state index in [0.29, 0.717) is 75.6 Å². The Labute approximate surface area is 851 Å². The lowest BCUT2D eigenvalue weighted by Gasteiger charge is -2.10. The minimum absolute atomic E-state index is 0. The van der Waals surface area contributed by atoms with Crippen LogP contribution in [0.5, 0.6) is 5.88 Å². The van der Waals surface area contributed by atoms with Crippen LogP contribution >= 0.6 is 0 Å². The number of aromatic nitrogens is 11. The number of ether oxygens (including phenoxy) is 1. The summed E-state index contributed by atoms with van der Waals surface area (Å²) in [7, 11) is -15.2. The number of ketones is 4. The maximum Gasteiger partial charge on any atom is 0.221 e. The normalized spacial score (nSPS) is 12.0. The SMILES string of the molecule is C.COc1ncccc1-c1cccc(Cn2cc(S(=O)(=O)CC(=O)Cc3ccccn3)c3c(F)cc(F)cc32)c1.Cc1cc(CC(=O)CS(=O)(=O)c2cn(Cc3cc(C4=CCN=C4)ccc3F)c3ccccc23)no1.O=C(Cc1ccccn1)CS(=O)(=O)c1cn(Cc2cccc(-c3cccnc3)c2)c2cc(F)cc(F)c12.O=C(Cc1ccccn1)CS(=O)(=O)c1cn(Cc2cccc(-c3ccncc3)c2)c2cc(F)cc(F)c12. The fourth-order valence-electron chi connectivity index (χ4n) is 17.4. The molecule has 0 bridgehead atoms. The fraction of sp³-hybridized carbons (Fsp3) is 0.143. The van der Waals surface area contributed by atoms with Gasteiger partial charge in [0.2, 0.25) is 5.88 Å². The average Bonchev–Trinajstić information content (AvgIpc) is 1.61. The van der Waals surface area contributed by atoms with E-state index in [9.17, 15) is 79.2 Å². The second kappa shape index (κ2) is 45.9. The number of carbonyl (C=O) groups is 4. The van der Waals surface area contributed by atoms with Crippen LogP contribution in [0.3, 0.4) is 0 Å². The topological polar surface area (TPSA) is 350 Å². The molecular weight excluding hydrogens is 2000 g/mol. The van der Waals surface area contributed by atoms with E-state index in [2.05, 4.69) is 40.1 Å². The third kappa shape index (κ3) is 25.3. The maximum absolute atomic E-state index is 15.0. The van der Waals surface area contributed by atoms with Crippen molar-refractivity contribution in [2.75, 3.05) is 36.7 Å². The quantitative estimate of drug-likeness (QED) is 0.0345. The lowest BCUT2D eigenvalue weighted by Crippen LogP contribution is -2.18. The third-order valence-corrected chi connectivity index (χ3v) is 30.7. The molecule has 0 N–H and O–H groups in total. The van der Waals surface area contributed by atoms with Crippen molar-refractivity contribution in [3.8, 4) is 39.3 Å². The number of aryl methyl sites for hydroxylation is 1. The molecule has 0 radical (unpaired) electrons. The Hall–Kier alpha value is -16.8. The van der Waals surface area contributed by atoms with Crippen molar-refractivity contribution in [1.82, 2.24) is 53.3 Å². The van der Waals surface area contributed by atoms with Crippen LogP contribution in [0, 0.1) is 47.6 Å². The van der Waals surface area contributed by atoms with Gasteiger partial charge in [-0.25, -0.2) is 69.4 Å². The Morgan fingerprint density at radius 3 is 1.23 bits per heavy atom. The lowest BCUT2D eigenvalue weighted by molar-refractivity contribution is -0.117. The molecule has 0 aliphatic carbocycles. The highest BCUT2D eigenvalue weighted by Gasteiger charge is 2.33. The molecule has 0 saturated carbocycles. The summed E-state index contributed by atoms with van der Waals surface area (Å²) >= 11 is 0.